The minimum absolute atomic E-state index is 0. The van der Waals surface area contributed by atoms with Crippen molar-refractivity contribution in [3.63, 3.8) is 0 Å². The molecule has 2 N–H and O–H groups in total. The van der Waals surface area contributed by atoms with Gasteiger partial charge in [-0.05, 0) is 6.07 Å². The van der Waals surface area contributed by atoms with Gasteiger partial charge < -0.3 is 10.2 Å². The summed E-state index contributed by atoms with van der Waals surface area (Å²) in [5.41, 5.74) is 5.48. The van der Waals surface area contributed by atoms with Crippen LogP contribution in [0.4, 0.5) is 5.88 Å². The zero-order chi connectivity index (χ0) is 9.84. The Morgan fingerprint density at radius 1 is 1.71 bits per heavy atom. The fraction of sp³-hybridized carbons (Fsp3) is 0.286. The molecule has 0 radical (unpaired) electrons. The molecule has 0 saturated heterocycles. The first-order valence-corrected chi connectivity index (χ1v) is 3.52. The van der Waals surface area contributed by atoms with Crippen LogP contribution in [0.15, 0.2) is 16.5 Å². The minimum Gasteiger partial charge on any atom is -0.404 e. The quantitative estimate of drug-likeness (QED) is 0.610. The van der Waals surface area contributed by atoms with Crippen LogP contribution in [0.1, 0.15) is 18.2 Å². The van der Waals surface area contributed by atoms with Gasteiger partial charge in [-0.1, -0.05) is 0 Å². The van der Waals surface area contributed by atoms with Crippen molar-refractivity contribution in [2.75, 3.05) is 0 Å². The number of nitro groups is 1. The highest BCUT2D eigenvalue weighted by Gasteiger charge is 2.16. The SMILES string of the molecule is Cl.N#CC[C@@H](N)c1ccc([N+](=O)[O-])o1. The lowest BCUT2D eigenvalue weighted by Crippen LogP contribution is -2.07. The Bertz CT molecular complexity index is 357. The molecular formula is C7H8ClN3O3. The lowest BCUT2D eigenvalue weighted by atomic mass is 10.2. The van der Waals surface area contributed by atoms with Gasteiger partial charge in [0.25, 0.3) is 0 Å². The molecule has 0 unspecified atom stereocenters. The molecule has 0 aliphatic carbocycles. The van der Waals surface area contributed by atoms with E-state index in [1.807, 2.05) is 6.07 Å². The van der Waals surface area contributed by atoms with E-state index >= 15 is 0 Å². The van der Waals surface area contributed by atoms with Crippen molar-refractivity contribution in [2.45, 2.75) is 12.5 Å². The molecule has 0 aromatic carbocycles. The summed E-state index contributed by atoms with van der Waals surface area (Å²) in [5.74, 6) is -0.100. The number of furan rings is 1. The van der Waals surface area contributed by atoms with Gasteiger partial charge in [0.05, 0.1) is 24.6 Å². The molecule has 0 saturated carbocycles. The van der Waals surface area contributed by atoms with E-state index in [1.54, 1.807) is 0 Å². The Hall–Kier alpha value is -1.58. The zero-order valence-electron chi connectivity index (χ0n) is 7.04. The summed E-state index contributed by atoms with van der Waals surface area (Å²) in [4.78, 5) is 9.55. The van der Waals surface area contributed by atoms with Crippen LogP contribution in [0.25, 0.3) is 0 Å². The summed E-state index contributed by atoms with van der Waals surface area (Å²) in [6, 6.07) is 3.87. The standard InChI is InChI=1S/C7H7N3O3.ClH/c8-4-3-5(9)6-1-2-7(13-6)10(11)12;/h1-2,5H,3,9H2;1H/t5-;/m1./s1. The van der Waals surface area contributed by atoms with Gasteiger partial charge in [0, 0.05) is 0 Å². The first-order valence-electron chi connectivity index (χ1n) is 3.52. The van der Waals surface area contributed by atoms with Gasteiger partial charge in [-0.15, -0.1) is 12.4 Å². The molecule has 7 heteroatoms. The highest BCUT2D eigenvalue weighted by molar-refractivity contribution is 5.85. The number of nitriles is 1. The lowest BCUT2D eigenvalue weighted by molar-refractivity contribution is -0.402. The number of halogens is 1. The molecule has 0 amide bonds. The predicted molar refractivity (Wildman–Crippen MR) is 49.8 cm³/mol. The lowest BCUT2D eigenvalue weighted by Gasteiger charge is -2.00. The van der Waals surface area contributed by atoms with E-state index in [4.69, 9.17) is 15.4 Å². The molecule has 6 nitrogen and oxygen atoms in total. The fourth-order valence-electron chi connectivity index (χ4n) is 0.839. The van der Waals surface area contributed by atoms with Gasteiger partial charge in [0.2, 0.25) is 0 Å². The monoisotopic (exact) mass is 217 g/mol. The molecule has 0 bridgehead atoms. The van der Waals surface area contributed by atoms with Crippen molar-refractivity contribution < 1.29 is 9.34 Å². The molecular weight excluding hydrogens is 210 g/mol. The predicted octanol–water partition coefficient (Wildman–Crippen LogP) is 1.52. The van der Waals surface area contributed by atoms with Gasteiger partial charge in [-0.2, -0.15) is 5.26 Å². The molecule has 1 heterocycles. The summed E-state index contributed by atoms with van der Waals surface area (Å²) in [5, 5.41) is 18.5. The van der Waals surface area contributed by atoms with Crippen LogP contribution < -0.4 is 5.73 Å². The first-order chi connectivity index (χ1) is 6.15. The molecule has 0 spiro atoms. The topological polar surface area (TPSA) is 106 Å². The van der Waals surface area contributed by atoms with Gasteiger partial charge in [-0.25, -0.2) is 0 Å². The summed E-state index contributed by atoms with van der Waals surface area (Å²) < 4.78 is 4.78. The maximum atomic E-state index is 10.2. The Kier molecular flexibility index (Phi) is 4.63. The summed E-state index contributed by atoms with van der Waals surface area (Å²) in [6.07, 6.45) is 0.0741. The maximum Gasteiger partial charge on any atom is 0.433 e. The second-order valence-electron chi connectivity index (χ2n) is 2.40. The number of nitrogens with two attached hydrogens (primary N) is 1. The third-order valence-electron chi connectivity index (χ3n) is 1.47. The summed E-state index contributed by atoms with van der Waals surface area (Å²) >= 11 is 0. The van der Waals surface area contributed by atoms with Crippen LogP contribution in [0.5, 0.6) is 0 Å². The molecule has 1 aromatic heterocycles. The van der Waals surface area contributed by atoms with Crippen LogP contribution in [-0.2, 0) is 0 Å². The number of hydrogen-bond acceptors (Lipinski definition) is 5. The van der Waals surface area contributed by atoms with E-state index in [0.29, 0.717) is 0 Å². The van der Waals surface area contributed by atoms with Gasteiger partial charge in [-0.3, -0.25) is 10.1 Å². The molecule has 1 aromatic rings. The summed E-state index contributed by atoms with van der Waals surface area (Å²) in [7, 11) is 0. The van der Waals surface area contributed by atoms with Gasteiger partial charge in [0.1, 0.15) is 10.7 Å². The van der Waals surface area contributed by atoms with Crippen molar-refractivity contribution in [1.29, 1.82) is 5.26 Å². The van der Waals surface area contributed by atoms with E-state index in [-0.39, 0.29) is 30.5 Å². The first kappa shape index (κ1) is 12.4. The largest absolute Gasteiger partial charge is 0.433 e. The highest BCUT2D eigenvalue weighted by Crippen LogP contribution is 2.21. The van der Waals surface area contributed by atoms with E-state index in [9.17, 15) is 10.1 Å². The number of rotatable bonds is 3. The average molecular weight is 218 g/mol. The van der Waals surface area contributed by atoms with E-state index in [0.717, 1.165) is 0 Å². The van der Waals surface area contributed by atoms with Gasteiger partial charge in [0.15, 0.2) is 0 Å². The highest BCUT2D eigenvalue weighted by atomic mass is 35.5. The molecule has 0 aliphatic heterocycles. The van der Waals surface area contributed by atoms with E-state index < -0.39 is 11.0 Å². The Morgan fingerprint density at radius 2 is 2.36 bits per heavy atom. The Balaban J connectivity index is 0.00000169. The normalized spacial score (nSPS) is 11.1. The van der Waals surface area contributed by atoms with Crippen molar-refractivity contribution >= 4 is 18.3 Å². The zero-order valence-corrected chi connectivity index (χ0v) is 7.86. The van der Waals surface area contributed by atoms with Gasteiger partial charge >= 0.3 is 5.88 Å². The molecule has 1 rings (SSSR count). The van der Waals surface area contributed by atoms with Crippen LogP contribution >= 0.6 is 12.4 Å². The summed E-state index contributed by atoms with van der Waals surface area (Å²) in [6.45, 7) is 0. The number of hydrogen-bond donors (Lipinski definition) is 1. The van der Waals surface area contributed by atoms with Crippen LogP contribution in [0.3, 0.4) is 0 Å². The maximum absolute atomic E-state index is 10.2. The van der Waals surface area contributed by atoms with Crippen molar-refractivity contribution in [3.05, 3.63) is 28.0 Å². The average Bonchev–Trinajstić information content (AvgIpc) is 2.52. The van der Waals surface area contributed by atoms with Crippen LogP contribution in [0.2, 0.25) is 0 Å². The van der Waals surface area contributed by atoms with E-state index in [1.165, 1.54) is 12.1 Å². The molecule has 14 heavy (non-hydrogen) atoms. The molecule has 0 fully saturated rings. The fourth-order valence-corrected chi connectivity index (χ4v) is 0.839. The second kappa shape index (κ2) is 5.21. The molecule has 76 valence electrons. The Labute approximate surface area is 85.9 Å². The minimum atomic E-state index is -0.650. The molecule has 1 atom stereocenters. The van der Waals surface area contributed by atoms with Crippen LogP contribution in [-0.4, -0.2) is 4.92 Å². The third-order valence-corrected chi connectivity index (χ3v) is 1.47. The van der Waals surface area contributed by atoms with Crippen molar-refractivity contribution in [2.24, 2.45) is 5.73 Å². The third kappa shape index (κ3) is 2.73. The van der Waals surface area contributed by atoms with Crippen molar-refractivity contribution in [3.8, 4) is 6.07 Å². The smallest absolute Gasteiger partial charge is 0.404 e. The van der Waals surface area contributed by atoms with Crippen molar-refractivity contribution in [1.82, 2.24) is 0 Å². The Morgan fingerprint density at radius 3 is 2.79 bits per heavy atom. The number of nitrogens with zero attached hydrogens (tertiary/aromatic N) is 2. The van der Waals surface area contributed by atoms with E-state index in [2.05, 4.69) is 0 Å². The second-order valence-corrected chi connectivity index (χ2v) is 2.40. The van der Waals surface area contributed by atoms with Crippen LogP contribution in [0, 0.1) is 21.4 Å². The molecule has 0 aliphatic rings.